The molecule has 1 aromatic heterocycles. The predicted octanol–water partition coefficient (Wildman–Crippen LogP) is 1.15. The molecule has 0 fully saturated rings. The van der Waals surface area contributed by atoms with E-state index >= 15 is 0 Å². The van der Waals surface area contributed by atoms with Gasteiger partial charge in [0.1, 0.15) is 0 Å². The number of likely N-dealkylation sites (N-methyl/N-ethyl adjacent to an activating group) is 1. The number of hydrogen-bond acceptors (Lipinski definition) is 3. The maximum Gasteiger partial charge on any atom is 0.0810 e. The predicted molar refractivity (Wildman–Crippen MR) is 62.5 cm³/mol. The molecule has 0 aliphatic rings. The van der Waals surface area contributed by atoms with Crippen molar-refractivity contribution < 1.29 is 0 Å². The first-order valence-corrected chi connectivity index (χ1v) is 5.34. The highest BCUT2D eigenvalue weighted by Crippen LogP contribution is 2.29. The van der Waals surface area contributed by atoms with Crippen LogP contribution in [0.3, 0.4) is 0 Å². The summed E-state index contributed by atoms with van der Waals surface area (Å²) in [6.45, 7) is 4.33. The number of aryl methyl sites for hydroxylation is 1. The van der Waals surface area contributed by atoms with Crippen LogP contribution in [-0.2, 0) is 7.05 Å². The number of nitrogens with two attached hydrogens (primary N) is 1. The van der Waals surface area contributed by atoms with E-state index in [1.807, 2.05) is 19.3 Å². The number of rotatable bonds is 4. The molecule has 4 heteroatoms. The van der Waals surface area contributed by atoms with E-state index in [-0.39, 0.29) is 11.6 Å². The van der Waals surface area contributed by atoms with Crippen molar-refractivity contribution in [1.29, 1.82) is 0 Å². The monoisotopic (exact) mass is 210 g/mol. The zero-order valence-electron chi connectivity index (χ0n) is 10.4. The highest BCUT2D eigenvalue weighted by Gasteiger charge is 2.34. The topological polar surface area (TPSA) is 47.1 Å². The fourth-order valence-corrected chi connectivity index (χ4v) is 1.73. The van der Waals surface area contributed by atoms with Crippen molar-refractivity contribution in [3.63, 3.8) is 0 Å². The molecule has 0 saturated carbocycles. The molecule has 0 aromatic carbocycles. The molecule has 0 radical (unpaired) electrons. The third-order valence-corrected chi connectivity index (χ3v) is 3.46. The van der Waals surface area contributed by atoms with E-state index in [2.05, 4.69) is 37.9 Å². The molecule has 4 nitrogen and oxygen atoms in total. The van der Waals surface area contributed by atoms with Crippen molar-refractivity contribution in [1.82, 2.24) is 14.7 Å². The first-order valence-electron chi connectivity index (χ1n) is 5.34. The van der Waals surface area contributed by atoms with E-state index in [0.29, 0.717) is 0 Å². The Morgan fingerprint density at radius 3 is 2.53 bits per heavy atom. The Morgan fingerprint density at radius 2 is 2.20 bits per heavy atom. The highest BCUT2D eigenvalue weighted by atomic mass is 15.3. The van der Waals surface area contributed by atoms with Crippen molar-refractivity contribution in [3.8, 4) is 0 Å². The van der Waals surface area contributed by atoms with Gasteiger partial charge < -0.3 is 10.6 Å². The van der Waals surface area contributed by atoms with Crippen molar-refractivity contribution in [2.75, 3.05) is 14.1 Å². The van der Waals surface area contributed by atoms with Gasteiger partial charge in [0.2, 0.25) is 0 Å². The molecule has 0 aliphatic carbocycles. The molecule has 1 heterocycles. The summed E-state index contributed by atoms with van der Waals surface area (Å²) >= 11 is 0. The number of nitrogens with zero attached hydrogens (tertiary/aromatic N) is 3. The average molecular weight is 210 g/mol. The summed E-state index contributed by atoms with van der Waals surface area (Å²) in [5.74, 6) is 0. The molecule has 1 aromatic rings. The molecule has 0 aliphatic heterocycles. The van der Waals surface area contributed by atoms with Crippen molar-refractivity contribution in [3.05, 3.63) is 18.0 Å². The van der Waals surface area contributed by atoms with Crippen molar-refractivity contribution >= 4 is 0 Å². The third-order valence-electron chi connectivity index (χ3n) is 3.46. The molecular formula is C11H22N4. The molecule has 2 atom stereocenters. The Morgan fingerprint density at radius 1 is 1.60 bits per heavy atom. The molecule has 0 amide bonds. The maximum absolute atomic E-state index is 6.28. The highest BCUT2D eigenvalue weighted by molar-refractivity contribution is 5.12. The maximum atomic E-state index is 6.28. The molecule has 86 valence electrons. The van der Waals surface area contributed by atoms with E-state index in [0.717, 1.165) is 12.1 Å². The zero-order chi connectivity index (χ0) is 11.6. The number of hydrogen-bond donors (Lipinski definition) is 1. The van der Waals surface area contributed by atoms with Crippen LogP contribution in [0.5, 0.6) is 0 Å². The van der Waals surface area contributed by atoms with E-state index in [1.165, 1.54) is 0 Å². The summed E-state index contributed by atoms with van der Waals surface area (Å²) in [6.07, 6.45) is 2.93. The lowest BCUT2D eigenvalue weighted by Gasteiger charge is -2.40. The van der Waals surface area contributed by atoms with Gasteiger partial charge in [-0.1, -0.05) is 6.92 Å². The SMILES string of the molecule is CCC(C)(C(N)c1ccn(C)n1)N(C)C. The summed E-state index contributed by atoms with van der Waals surface area (Å²) in [4.78, 5) is 2.17. The fraction of sp³-hybridized carbons (Fsp3) is 0.727. The Kier molecular flexibility index (Phi) is 3.52. The molecule has 0 bridgehead atoms. The lowest BCUT2D eigenvalue weighted by molar-refractivity contribution is 0.130. The van der Waals surface area contributed by atoms with Crippen LogP contribution in [0, 0.1) is 0 Å². The van der Waals surface area contributed by atoms with Gasteiger partial charge >= 0.3 is 0 Å². The lowest BCUT2D eigenvalue weighted by Crippen LogP contribution is -2.49. The van der Waals surface area contributed by atoms with Crippen LogP contribution in [0.15, 0.2) is 12.3 Å². The van der Waals surface area contributed by atoms with Gasteiger partial charge in [-0.3, -0.25) is 4.68 Å². The van der Waals surface area contributed by atoms with Crippen LogP contribution in [0.25, 0.3) is 0 Å². The van der Waals surface area contributed by atoms with Crippen molar-refractivity contribution in [2.45, 2.75) is 31.8 Å². The standard InChI is InChI=1S/C11H22N4/c1-6-11(2,14(3)4)10(12)9-7-8-15(5)13-9/h7-8,10H,6,12H2,1-5H3. The van der Waals surface area contributed by atoms with Crippen LogP contribution in [-0.4, -0.2) is 34.3 Å². The Bertz CT molecular complexity index is 318. The van der Waals surface area contributed by atoms with Gasteiger partial charge in [-0.05, 0) is 33.5 Å². The minimum Gasteiger partial charge on any atom is -0.321 e. The largest absolute Gasteiger partial charge is 0.321 e. The van der Waals surface area contributed by atoms with E-state index < -0.39 is 0 Å². The summed E-state index contributed by atoms with van der Waals surface area (Å²) < 4.78 is 1.79. The minimum atomic E-state index is -0.0568. The Labute approximate surface area is 92.1 Å². The van der Waals surface area contributed by atoms with Gasteiger partial charge in [0, 0.05) is 18.8 Å². The smallest absolute Gasteiger partial charge is 0.0810 e. The molecule has 2 N–H and O–H groups in total. The van der Waals surface area contributed by atoms with Gasteiger partial charge in [-0.2, -0.15) is 5.10 Å². The third kappa shape index (κ3) is 2.21. The molecular weight excluding hydrogens is 188 g/mol. The first-order chi connectivity index (χ1) is 6.91. The van der Waals surface area contributed by atoms with Crippen LogP contribution in [0.1, 0.15) is 32.0 Å². The second-order valence-corrected chi connectivity index (χ2v) is 4.50. The van der Waals surface area contributed by atoms with E-state index in [1.54, 1.807) is 4.68 Å². The normalized spacial score (nSPS) is 17.8. The molecule has 0 saturated heterocycles. The summed E-state index contributed by atoms with van der Waals surface area (Å²) in [5, 5.41) is 4.37. The van der Waals surface area contributed by atoms with E-state index in [4.69, 9.17) is 5.73 Å². The Balaban J connectivity index is 2.96. The quantitative estimate of drug-likeness (QED) is 0.811. The summed E-state index contributed by atoms with van der Waals surface area (Å²) in [5.41, 5.74) is 7.19. The first kappa shape index (κ1) is 12.2. The molecule has 1 rings (SSSR count). The van der Waals surface area contributed by atoms with Crippen LogP contribution in [0.4, 0.5) is 0 Å². The lowest BCUT2D eigenvalue weighted by atomic mass is 9.87. The van der Waals surface area contributed by atoms with E-state index in [9.17, 15) is 0 Å². The van der Waals surface area contributed by atoms with Gasteiger partial charge in [-0.25, -0.2) is 0 Å². The average Bonchev–Trinajstić information content (AvgIpc) is 2.62. The van der Waals surface area contributed by atoms with Crippen LogP contribution in [0.2, 0.25) is 0 Å². The van der Waals surface area contributed by atoms with Crippen LogP contribution < -0.4 is 5.73 Å². The van der Waals surface area contributed by atoms with Gasteiger partial charge in [0.15, 0.2) is 0 Å². The molecule has 15 heavy (non-hydrogen) atoms. The zero-order valence-corrected chi connectivity index (χ0v) is 10.4. The van der Waals surface area contributed by atoms with Gasteiger partial charge in [0.25, 0.3) is 0 Å². The van der Waals surface area contributed by atoms with Crippen LogP contribution >= 0.6 is 0 Å². The fourth-order valence-electron chi connectivity index (χ4n) is 1.73. The van der Waals surface area contributed by atoms with Gasteiger partial charge in [0.05, 0.1) is 11.7 Å². The van der Waals surface area contributed by atoms with Gasteiger partial charge in [-0.15, -0.1) is 0 Å². The number of aromatic nitrogens is 2. The molecule has 2 unspecified atom stereocenters. The Hall–Kier alpha value is -0.870. The molecule has 0 spiro atoms. The summed E-state index contributed by atoms with van der Waals surface area (Å²) in [6, 6.07) is 1.93. The minimum absolute atomic E-state index is 0.0473. The summed E-state index contributed by atoms with van der Waals surface area (Å²) in [7, 11) is 6.04. The second-order valence-electron chi connectivity index (χ2n) is 4.50. The van der Waals surface area contributed by atoms with Crippen molar-refractivity contribution in [2.24, 2.45) is 12.8 Å². The second kappa shape index (κ2) is 4.33.